The first-order valence-corrected chi connectivity index (χ1v) is 4.42. The maximum absolute atomic E-state index is 11.0. The molecule has 0 saturated heterocycles. The summed E-state index contributed by atoms with van der Waals surface area (Å²) in [6, 6.07) is 0.0118. The standard InChI is InChI=1S/C8H14N2O3/c1-2-13-7(11)5-9-8(12)10-6-3-4-6/h6H,2-5H2,1H3,(H2,9,10,12). The van der Waals surface area contributed by atoms with Crippen LogP contribution in [-0.4, -0.2) is 31.2 Å². The Morgan fingerprint density at radius 2 is 2.15 bits per heavy atom. The van der Waals surface area contributed by atoms with Crippen LogP contribution in [0.2, 0.25) is 0 Å². The van der Waals surface area contributed by atoms with Crippen LogP contribution >= 0.6 is 0 Å². The fraction of sp³-hybridized carbons (Fsp3) is 0.750. The Kier molecular flexibility index (Phi) is 3.54. The summed E-state index contributed by atoms with van der Waals surface area (Å²) < 4.78 is 4.63. The Morgan fingerprint density at radius 3 is 2.69 bits per heavy atom. The van der Waals surface area contributed by atoms with E-state index in [1.165, 1.54) is 0 Å². The number of rotatable bonds is 4. The van der Waals surface area contributed by atoms with E-state index in [-0.39, 0.29) is 12.6 Å². The highest BCUT2D eigenvalue weighted by Crippen LogP contribution is 2.17. The van der Waals surface area contributed by atoms with Crippen molar-refractivity contribution in [2.75, 3.05) is 13.2 Å². The van der Waals surface area contributed by atoms with Crippen LogP contribution in [0.3, 0.4) is 0 Å². The smallest absolute Gasteiger partial charge is 0.325 e. The first-order chi connectivity index (χ1) is 6.22. The van der Waals surface area contributed by atoms with Gasteiger partial charge in [-0.3, -0.25) is 4.79 Å². The van der Waals surface area contributed by atoms with E-state index in [1.807, 2.05) is 0 Å². The van der Waals surface area contributed by atoms with Crippen LogP contribution in [-0.2, 0) is 9.53 Å². The second-order valence-corrected chi connectivity index (χ2v) is 2.91. The van der Waals surface area contributed by atoms with Crippen LogP contribution in [0.4, 0.5) is 4.79 Å². The van der Waals surface area contributed by atoms with Crippen molar-refractivity contribution in [2.24, 2.45) is 0 Å². The number of amides is 2. The number of hydrogen-bond acceptors (Lipinski definition) is 3. The van der Waals surface area contributed by atoms with Gasteiger partial charge in [0.25, 0.3) is 0 Å². The zero-order chi connectivity index (χ0) is 9.68. The summed E-state index contributed by atoms with van der Waals surface area (Å²) in [5.74, 6) is -0.409. The number of nitrogens with one attached hydrogen (secondary N) is 2. The molecule has 0 aliphatic heterocycles. The average Bonchev–Trinajstić information content (AvgIpc) is 2.85. The number of hydrogen-bond donors (Lipinski definition) is 2. The molecule has 1 aliphatic rings. The maximum atomic E-state index is 11.0. The highest BCUT2D eigenvalue weighted by Gasteiger charge is 2.23. The third-order valence-corrected chi connectivity index (χ3v) is 1.61. The Bertz CT molecular complexity index is 202. The molecule has 2 N–H and O–H groups in total. The summed E-state index contributed by atoms with van der Waals surface area (Å²) in [5, 5.41) is 5.11. The Labute approximate surface area is 76.8 Å². The number of ether oxygens (including phenoxy) is 1. The third-order valence-electron chi connectivity index (χ3n) is 1.61. The van der Waals surface area contributed by atoms with Crippen molar-refractivity contribution in [2.45, 2.75) is 25.8 Å². The molecular formula is C8H14N2O3. The minimum Gasteiger partial charge on any atom is -0.465 e. The molecule has 13 heavy (non-hydrogen) atoms. The molecule has 5 heteroatoms. The molecule has 0 radical (unpaired) electrons. The molecule has 0 bridgehead atoms. The SMILES string of the molecule is CCOC(=O)CNC(=O)NC1CC1. The molecule has 0 aromatic rings. The maximum Gasteiger partial charge on any atom is 0.325 e. The Balaban J connectivity index is 2.02. The average molecular weight is 186 g/mol. The van der Waals surface area contributed by atoms with Crippen LogP contribution in [0.5, 0.6) is 0 Å². The van der Waals surface area contributed by atoms with E-state index in [4.69, 9.17) is 0 Å². The molecule has 0 unspecified atom stereocenters. The minimum atomic E-state index is -0.409. The van der Waals surface area contributed by atoms with Gasteiger partial charge in [0.05, 0.1) is 6.61 Å². The fourth-order valence-electron chi connectivity index (χ4n) is 0.829. The predicted molar refractivity (Wildman–Crippen MR) is 46.2 cm³/mol. The van der Waals surface area contributed by atoms with E-state index >= 15 is 0 Å². The molecule has 0 atom stereocenters. The van der Waals surface area contributed by atoms with E-state index in [2.05, 4.69) is 15.4 Å². The molecule has 1 fully saturated rings. The second kappa shape index (κ2) is 4.69. The quantitative estimate of drug-likeness (QED) is 0.608. The van der Waals surface area contributed by atoms with Gasteiger partial charge in [-0.25, -0.2) is 4.79 Å². The lowest BCUT2D eigenvalue weighted by Crippen LogP contribution is -2.39. The monoisotopic (exact) mass is 186 g/mol. The molecule has 0 aromatic carbocycles. The number of carbonyl (C=O) groups is 2. The first kappa shape index (κ1) is 9.83. The van der Waals surface area contributed by atoms with Crippen LogP contribution in [0.25, 0.3) is 0 Å². The molecule has 0 heterocycles. The first-order valence-electron chi connectivity index (χ1n) is 4.42. The number of carbonyl (C=O) groups excluding carboxylic acids is 2. The van der Waals surface area contributed by atoms with Crippen molar-refractivity contribution in [1.82, 2.24) is 10.6 Å². The van der Waals surface area contributed by atoms with Gasteiger partial charge >= 0.3 is 12.0 Å². The minimum absolute atomic E-state index is 0.0631. The van der Waals surface area contributed by atoms with Crippen LogP contribution < -0.4 is 10.6 Å². The van der Waals surface area contributed by atoms with Gasteiger partial charge in [-0.1, -0.05) is 0 Å². The largest absolute Gasteiger partial charge is 0.465 e. The molecule has 2 amide bonds. The van der Waals surface area contributed by atoms with E-state index in [0.717, 1.165) is 12.8 Å². The molecular weight excluding hydrogens is 172 g/mol. The van der Waals surface area contributed by atoms with Gasteiger partial charge in [0.15, 0.2) is 0 Å². The summed E-state index contributed by atoms with van der Waals surface area (Å²) in [5.41, 5.74) is 0. The van der Waals surface area contributed by atoms with E-state index in [1.54, 1.807) is 6.92 Å². The van der Waals surface area contributed by atoms with Crippen LogP contribution in [0.1, 0.15) is 19.8 Å². The molecule has 0 spiro atoms. The summed E-state index contributed by atoms with van der Waals surface area (Å²) in [6.07, 6.45) is 2.07. The van der Waals surface area contributed by atoms with Crippen molar-refractivity contribution < 1.29 is 14.3 Å². The zero-order valence-corrected chi connectivity index (χ0v) is 7.63. The molecule has 1 saturated carbocycles. The van der Waals surface area contributed by atoms with Crippen molar-refractivity contribution in [1.29, 1.82) is 0 Å². The van der Waals surface area contributed by atoms with Gasteiger partial charge in [0.1, 0.15) is 6.54 Å². The number of esters is 1. The van der Waals surface area contributed by atoms with Crippen LogP contribution in [0.15, 0.2) is 0 Å². The molecule has 0 aromatic heterocycles. The van der Waals surface area contributed by atoms with Crippen molar-refractivity contribution >= 4 is 12.0 Å². The van der Waals surface area contributed by atoms with Gasteiger partial charge in [0.2, 0.25) is 0 Å². The molecule has 1 rings (SSSR count). The highest BCUT2D eigenvalue weighted by atomic mass is 16.5. The topological polar surface area (TPSA) is 67.4 Å². The van der Waals surface area contributed by atoms with Gasteiger partial charge in [0, 0.05) is 6.04 Å². The highest BCUT2D eigenvalue weighted by molar-refractivity contribution is 5.81. The van der Waals surface area contributed by atoms with Gasteiger partial charge < -0.3 is 15.4 Å². The number of urea groups is 1. The second-order valence-electron chi connectivity index (χ2n) is 2.91. The van der Waals surface area contributed by atoms with E-state index < -0.39 is 5.97 Å². The van der Waals surface area contributed by atoms with E-state index in [9.17, 15) is 9.59 Å². The summed E-state index contributed by atoms with van der Waals surface area (Å²) in [4.78, 5) is 21.8. The summed E-state index contributed by atoms with van der Waals surface area (Å²) in [6.45, 7) is 2.00. The van der Waals surface area contributed by atoms with Crippen molar-refractivity contribution in [3.63, 3.8) is 0 Å². The molecule has 5 nitrogen and oxygen atoms in total. The van der Waals surface area contributed by atoms with Gasteiger partial charge in [-0.2, -0.15) is 0 Å². The lowest BCUT2D eigenvalue weighted by Gasteiger charge is -2.05. The normalized spacial score (nSPS) is 14.8. The van der Waals surface area contributed by atoms with Crippen LogP contribution in [0, 0.1) is 0 Å². The fourth-order valence-corrected chi connectivity index (χ4v) is 0.829. The zero-order valence-electron chi connectivity index (χ0n) is 7.63. The summed E-state index contributed by atoms with van der Waals surface area (Å²) in [7, 11) is 0. The van der Waals surface area contributed by atoms with Crippen molar-refractivity contribution in [3.8, 4) is 0 Å². The summed E-state index contributed by atoms with van der Waals surface area (Å²) >= 11 is 0. The van der Waals surface area contributed by atoms with E-state index in [0.29, 0.717) is 12.6 Å². The van der Waals surface area contributed by atoms with Gasteiger partial charge in [-0.15, -0.1) is 0 Å². The van der Waals surface area contributed by atoms with Crippen molar-refractivity contribution in [3.05, 3.63) is 0 Å². The molecule has 1 aliphatic carbocycles. The lowest BCUT2D eigenvalue weighted by atomic mass is 10.6. The predicted octanol–water partition coefficient (Wildman–Crippen LogP) is 0.0111. The lowest BCUT2D eigenvalue weighted by molar-refractivity contribution is -0.141. The third kappa shape index (κ3) is 4.35. The Morgan fingerprint density at radius 1 is 1.46 bits per heavy atom. The Hall–Kier alpha value is -1.26. The molecule has 74 valence electrons. The van der Waals surface area contributed by atoms with Gasteiger partial charge in [-0.05, 0) is 19.8 Å².